The molecule has 3 amide bonds. The molecule has 2 N–H and O–H groups in total. The van der Waals surface area contributed by atoms with Crippen LogP contribution in [0.15, 0.2) is 72.3 Å². The third-order valence-corrected chi connectivity index (χ3v) is 8.74. The molecule has 1 aliphatic heterocycles. The van der Waals surface area contributed by atoms with Crippen molar-refractivity contribution < 1.29 is 22.8 Å². The average Bonchev–Trinajstić information content (AvgIpc) is 3.34. The first-order chi connectivity index (χ1) is 20.3. The molecule has 2 unspecified atom stereocenters. The molecule has 5 rings (SSSR count). The summed E-state index contributed by atoms with van der Waals surface area (Å²) in [4.78, 5) is 34.2. The van der Waals surface area contributed by atoms with Crippen LogP contribution in [0.1, 0.15) is 48.9 Å². The summed E-state index contributed by atoms with van der Waals surface area (Å²) < 4.78 is 40.6. The van der Waals surface area contributed by atoms with E-state index in [-0.39, 0.29) is 30.9 Å². The van der Waals surface area contributed by atoms with E-state index in [4.69, 9.17) is 4.98 Å². The Morgan fingerprint density at radius 1 is 1.05 bits per heavy atom. The highest BCUT2D eigenvalue weighted by Crippen LogP contribution is 2.41. The number of aromatic nitrogens is 1. The van der Waals surface area contributed by atoms with E-state index in [1.54, 1.807) is 34.5 Å². The van der Waals surface area contributed by atoms with E-state index in [1.165, 1.54) is 6.07 Å². The van der Waals surface area contributed by atoms with Gasteiger partial charge in [0.2, 0.25) is 5.91 Å². The maximum Gasteiger partial charge on any atom is 0.416 e. The number of aryl methyl sites for hydroxylation is 1. The number of thiazole rings is 1. The zero-order chi connectivity index (χ0) is 30.9. The number of urea groups is 1. The van der Waals surface area contributed by atoms with E-state index < -0.39 is 23.2 Å². The van der Waals surface area contributed by atoms with Crippen LogP contribution in [-0.2, 0) is 17.5 Å². The fourth-order valence-corrected chi connectivity index (χ4v) is 6.50. The van der Waals surface area contributed by atoms with Crippen LogP contribution >= 0.6 is 11.3 Å². The standard InChI is InChI=1S/C33H35F3N4O2S/c1-20-28(38-30(43-20)21-9-6-5-7-10-21)18-37-29(41)26-14-13-24(22-11-8-12-23(17-22)33(34,35)36)25-15-16-40(19-27(25)26)31(42)39-32(2,3)4/h5-14,17,26-27H,15-16,18-19H2,1-4H3,(H,37,41)(H,39,42). The quantitative estimate of drug-likeness (QED) is 0.321. The van der Waals surface area contributed by atoms with Crippen LogP contribution in [0.2, 0.25) is 0 Å². The molecule has 43 heavy (non-hydrogen) atoms. The Hall–Kier alpha value is -3.92. The second-order valence-corrected chi connectivity index (χ2v) is 13.2. The van der Waals surface area contributed by atoms with Crippen LogP contribution in [0.25, 0.3) is 16.1 Å². The number of hydrogen-bond donors (Lipinski definition) is 2. The maximum atomic E-state index is 13.7. The van der Waals surface area contributed by atoms with Crippen molar-refractivity contribution in [1.29, 1.82) is 0 Å². The highest BCUT2D eigenvalue weighted by Gasteiger charge is 2.39. The van der Waals surface area contributed by atoms with Crippen molar-refractivity contribution in [2.24, 2.45) is 11.8 Å². The second-order valence-electron chi connectivity index (χ2n) is 12.0. The Bertz CT molecular complexity index is 1570. The van der Waals surface area contributed by atoms with Gasteiger partial charge in [-0.25, -0.2) is 9.78 Å². The van der Waals surface area contributed by atoms with Crippen LogP contribution in [0.4, 0.5) is 18.0 Å². The number of carbonyl (C=O) groups is 2. The van der Waals surface area contributed by atoms with Crippen LogP contribution in [-0.4, -0.2) is 40.5 Å². The van der Waals surface area contributed by atoms with Gasteiger partial charge < -0.3 is 15.5 Å². The minimum Gasteiger partial charge on any atom is -0.350 e. The van der Waals surface area contributed by atoms with Gasteiger partial charge in [0, 0.05) is 35.0 Å². The first kappa shape index (κ1) is 30.5. The molecule has 0 radical (unpaired) electrons. The number of hydrogen-bond acceptors (Lipinski definition) is 4. The van der Waals surface area contributed by atoms with Crippen LogP contribution < -0.4 is 10.6 Å². The number of allylic oxidation sites excluding steroid dienone is 2. The van der Waals surface area contributed by atoms with Gasteiger partial charge in [0.1, 0.15) is 5.01 Å². The zero-order valence-corrected chi connectivity index (χ0v) is 25.4. The topological polar surface area (TPSA) is 74.3 Å². The van der Waals surface area contributed by atoms with Crippen molar-refractivity contribution >= 4 is 28.8 Å². The largest absolute Gasteiger partial charge is 0.416 e. The molecule has 2 atom stereocenters. The number of rotatable bonds is 5. The number of halogens is 3. The lowest BCUT2D eigenvalue weighted by Gasteiger charge is -2.41. The minimum atomic E-state index is -4.47. The fourth-order valence-electron chi connectivity index (χ4n) is 5.57. The summed E-state index contributed by atoms with van der Waals surface area (Å²) in [7, 11) is 0. The number of nitrogens with one attached hydrogen (secondary N) is 2. The molecular weight excluding hydrogens is 573 g/mol. The summed E-state index contributed by atoms with van der Waals surface area (Å²) in [6.07, 6.45) is -0.497. The number of carbonyl (C=O) groups excluding carboxylic acids is 2. The molecule has 1 aromatic heterocycles. The number of piperidine rings is 1. The van der Waals surface area contributed by atoms with Crippen molar-refractivity contribution in [3.63, 3.8) is 0 Å². The number of nitrogens with zero attached hydrogens (tertiary/aromatic N) is 2. The Morgan fingerprint density at radius 2 is 1.77 bits per heavy atom. The van der Waals surface area contributed by atoms with Gasteiger partial charge in [-0.1, -0.05) is 60.2 Å². The van der Waals surface area contributed by atoms with Crippen molar-refractivity contribution in [2.75, 3.05) is 13.1 Å². The molecule has 0 saturated carbocycles. The highest BCUT2D eigenvalue weighted by molar-refractivity contribution is 7.15. The van der Waals surface area contributed by atoms with Crippen LogP contribution in [0.3, 0.4) is 0 Å². The Kier molecular flexibility index (Phi) is 8.51. The molecule has 1 aliphatic carbocycles. The summed E-state index contributed by atoms with van der Waals surface area (Å²) in [5.41, 5.74) is 2.64. The first-order valence-electron chi connectivity index (χ1n) is 14.3. The lowest BCUT2D eigenvalue weighted by molar-refractivity contribution is -0.137. The summed E-state index contributed by atoms with van der Waals surface area (Å²) in [5, 5.41) is 6.90. The lowest BCUT2D eigenvalue weighted by atomic mass is 9.73. The van der Waals surface area contributed by atoms with Gasteiger partial charge in [0.25, 0.3) is 0 Å². The molecule has 10 heteroatoms. The minimum absolute atomic E-state index is 0.214. The third-order valence-electron chi connectivity index (χ3n) is 7.68. The molecular formula is C33H35F3N4O2S. The molecule has 2 aromatic carbocycles. The molecule has 0 bridgehead atoms. The molecule has 2 heterocycles. The number of alkyl halides is 3. The van der Waals surface area contributed by atoms with Crippen LogP contribution in [0.5, 0.6) is 0 Å². The van der Waals surface area contributed by atoms with E-state index in [0.29, 0.717) is 24.1 Å². The number of benzene rings is 2. The van der Waals surface area contributed by atoms with Gasteiger partial charge in [0.05, 0.1) is 23.7 Å². The van der Waals surface area contributed by atoms with E-state index in [9.17, 15) is 22.8 Å². The molecule has 3 aromatic rings. The zero-order valence-electron chi connectivity index (χ0n) is 24.6. The fraction of sp³-hybridized carbons (Fsp3) is 0.364. The van der Waals surface area contributed by atoms with Crippen molar-refractivity contribution in [2.45, 2.75) is 52.4 Å². The van der Waals surface area contributed by atoms with E-state index in [0.717, 1.165) is 38.8 Å². The normalized spacial score (nSPS) is 18.8. The molecule has 2 aliphatic rings. The van der Waals surface area contributed by atoms with Gasteiger partial charge in [-0.2, -0.15) is 13.2 Å². The predicted octanol–water partition coefficient (Wildman–Crippen LogP) is 7.22. The third kappa shape index (κ3) is 7.01. The molecule has 1 fully saturated rings. The van der Waals surface area contributed by atoms with Gasteiger partial charge in [-0.3, -0.25) is 4.79 Å². The summed E-state index contributed by atoms with van der Waals surface area (Å²) >= 11 is 1.57. The first-order valence-corrected chi connectivity index (χ1v) is 15.1. The predicted molar refractivity (Wildman–Crippen MR) is 163 cm³/mol. The molecule has 6 nitrogen and oxygen atoms in total. The van der Waals surface area contributed by atoms with Gasteiger partial charge in [-0.15, -0.1) is 11.3 Å². The van der Waals surface area contributed by atoms with Gasteiger partial charge in [0.15, 0.2) is 0 Å². The summed E-state index contributed by atoms with van der Waals surface area (Å²) in [6, 6.07) is 14.9. The molecule has 226 valence electrons. The Morgan fingerprint density at radius 3 is 2.47 bits per heavy atom. The SMILES string of the molecule is Cc1sc(-c2ccccc2)nc1CNC(=O)C1C=CC(c2cccc(C(F)(F)F)c2)=C2CCN(C(=O)NC(C)(C)C)CC21. The smallest absolute Gasteiger partial charge is 0.350 e. The van der Waals surface area contributed by atoms with Crippen molar-refractivity contribution in [3.05, 3.63) is 94.0 Å². The van der Waals surface area contributed by atoms with Gasteiger partial charge >= 0.3 is 12.2 Å². The van der Waals surface area contributed by atoms with Crippen molar-refractivity contribution in [3.8, 4) is 10.6 Å². The number of fused-ring (bicyclic) bond motifs is 1. The number of likely N-dealkylation sites (tertiary alicyclic amines) is 1. The maximum absolute atomic E-state index is 13.7. The Labute approximate surface area is 253 Å². The van der Waals surface area contributed by atoms with Crippen LogP contribution in [0, 0.1) is 18.8 Å². The van der Waals surface area contributed by atoms with E-state index in [2.05, 4.69) is 10.6 Å². The Balaban J connectivity index is 1.40. The van der Waals surface area contributed by atoms with Gasteiger partial charge in [-0.05, 0) is 57.4 Å². The average molecular weight is 609 g/mol. The van der Waals surface area contributed by atoms with Crippen molar-refractivity contribution in [1.82, 2.24) is 20.5 Å². The highest BCUT2D eigenvalue weighted by atomic mass is 32.1. The molecule has 0 spiro atoms. The number of amides is 3. The van der Waals surface area contributed by atoms with E-state index >= 15 is 0 Å². The lowest BCUT2D eigenvalue weighted by Crippen LogP contribution is -2.53. The summed E-state index contributed by atoms with van der Waals surface area (Å²) in [6.45, 7) is 8.59. The summed E-state index contributed by atoms with van der Waals surface area (Å²) in [5.74, 6) is -1.19. The second kappa shape index (κ2) is 12.0. The molecule has 1 saturated heterocycles. The van der Waals surface area contributed by atoms with E-state index in [1.807, 2.05) is 58.0 Å². The monoisotopic (exact) mass is 608 g/mol.